The second kappa shape index (κ2) is 10.1. The molecule has 3 aromatic rings. The van der Waals surface area contributed by atoms with Crippen LogP contribution in [0.5, 0.6) is 0 Å². The van der Waals surface area contributed by atoms with Gasteiger partial charge in [-0.05, 0) is 55.9 Å². The van der Waals surface area contributed by atoms with Crippen LogP contribution in [0.2, 0.25) is 0 Å². The van der Waals surface area contributed by atoms with E-state index in [1.807, 2.05) is 43.3 Å². The molecule has 0 saturated heterocycles. The number of rotatable bonds is 7. The summed E-state index contributed by atoms with van der Waals surface area (Å²) in [7, 11) is 3.95. The number of alkyl halides is 1. The first-order valence-electron chi connectivity index (χ1n) is 11.3. The van der Waals surface area contributed by atoms with Crippen molar-refractivity contribution in [2.45, 2.75) is 38.4 Å². The summed E-state index contributed by atoms with van der Waals surface area (Å²) < 4.78 is 26.4. The summed E-state index contributed by atoms with van der Waals surface area (Å²) in [5.41, 5.74) is 1.08. The third-order valence-corrected chi connectivity index (χ3v) is 6.20. The number of hydrogen-bond acceptors (Lipinski definition) is 5. The number of benzene rings is 2. The summed E-state index contributed by atoms with van der Waals surface area (Å²) in [6.45, 7) is -0.346. The minimum Gasteiger partial charge on any atom is -0.362 e. The van der Waals surface area contributed by atoms with Gasteiger partial charge in [0.25, 0.3) is 5.91 Å². The molecule has 1 amide bonds. The number of hydrogen-bond donors (Lipinski definition) is 2. The molecule has 4 rings (SSSR count). The molecule has 1 aromatic heterocycles. The standard InChI is InChI=1S/C25H29F2N5O/c1-32(2)23-20-5-3-4-6-22(20)30-25(31-23)29-19-11-7-16(8-12-19)15-28-24(33)17-9-10-18(14-26)21(27)13-17/h3-6,9-10,13,16,19H,7-8,11-12,14-15H2,1-2H3,(H,28,33)(H,29,30,31). The number of amides is 1. The van der Waals surface area contributed by atoms with Crippen molar-refractivity contribution >= 4 is 28.6 Å². The third kappa shape index (κ3) is 5.38. The van der Waals surface area contributed by atoms with Gasteiger partial charge >= 0.3 is 0 Å². The second-order valence-electron chi connectivity index (χ2n) is 8.79. The molecule has 1 fully saturated rings. The molecule has 0 atom stereocenters. The molecule has 8 heteroatoms. The fraction of sp³-hybridized carbons (Fsp3) is 0.400. The molecule has 6 nitrogen and oxygen atoms in total. The van der Waals surface area contributed by atoms with Gasteiger partial charge in [0.05, 0.1) is 5.52 Å². The van der Waals surface area contributed by atoms with Crippen LogP contribution in [0, 0.1) is 11.7 Å². The van der Waals surface area contributed by atoms with E-state index < -0.39 is 12.5 Å². The van der Waals surface area contributed by atoms with Crippen LogP contribution in [0.25, 0.3) is 10.9 Å². The Bertz CT molecular complexity index is 1130. The van der Waals surface area contributed by atoms with Crippen molar-refractivity contribution in [3.8, 4) is 0 Å². The molecule has 33 heavy (non-hydrogen) atoms. The molecule has 1 aliphatic carbocycles. The van der Waals surface area contributed by atoms with Crippen molar-refractivity contribution in [3.05, 3.63) is 59.4 Å². The lowest BCUT2D eigenvalue weighted by molar-refractivity contribution is 0.0942. The SMILES string of the molecule is CN(C)c1nc(NC2CCC(CNC(=O)c3ccc(CF)c(F)c3)CC2)nc2ccccc12. The highest BCUT2D eigenvalue weighted by molar-refractivity contribution is 5.94. The smallest absolute Gasteiger partial charge is 0.251 e. The van der Waals surface area contributed by atoms with Gasteiger partial charge in [0.2, 0.25) is 5.95 Å². The highest BCUT2D eigenvalue weighted by atomic mass is 19.1. The van der Waals surface area contributed by atoms with E-state index >= 15 is 0 Å². The Kier molecular flexibility index (Phi) is 7.01. The van der Waals surface area contributed by atoms with Crippen LogP contribution in [0.3, 0.4) is 0 Å². The number of nitrogens with one attached hydrogen (secondary N) is 2. The van der Waals surface area contributed by atoms with E-state index in [2.05, 4.69) is 15.6 Å². The van der Waals surface area contributed by atoms with Crippen LogP contribution < -0.4 is 15.5 Å². The lowest BCUT2D eigenvalue weighted by Gasteiger charge is -2.29. The maximum Gasteiger partial charge on any atom is 0.251 e. The summed E-state index contributed by atoms with van der Waals surface area (Å²) in [5, 5.41) is 7.40. The van der Waals surface area contributed by atoms with Gasteiger partial charge in [0.1, 0.15) is 18.3 Å². The quantitative estimate of drug-likeness (QED) is 0.543. The minimum atomic E-state index is -0.883. The molecular weight excluding hydrogens is 424 g/mol. The zero-order valence-corrected chi connectivity index (χ0v) is 18.9. The lowest BCUT2D eigenvalue weighted by atomic mass is 9.86. The monoisotopic (exact) mass is 453 g/mol. The van der Waals surface area contributed by atoms with Crippen molar-refractivity contribution in [3.63, 3.8) is 0 Å². The predicted octanol–water partition coefficient (Wildman–Crippen LogP) is 4.71. The number of fused-ring (bicyclic) bond motifs is 1. The van der Waals surface area contributed by atoms with Crippen molar-refractivity contribution < 1.29 is 13.6 Å². The number of carbonyl (C=O) groups is 1. The average molecular weight is 454 g/mol. The Morgan fingerprint density at radius 1 is 1.09 bits per heavy atom. The Hall–Kier alpha value is -3.29. The van der Waals surface area contributed by atoms with Crippen LogP contribution in [0.15, 0.2) is 42.5 Å². The number of anilines is 2. The van der Waals surface area contributed by atoms with Gasteiger partial charge in [-0.2, -0.15) is 4.98 Å². The van der Waals surface area contributed by atoms with Crippen LogP contribution in [-0.2, 0) is 6.67 Å². The van der Waals surface area contributed by atoms with Crippen molar-refractivity contribution in [2.75, 3.05) is 30.9 Å². The fourth-order valence-corrected chi connectivity index (χ4v) is 4.29. The summed E-state index contributed by atoms with van der Waals surface area (Å²) in [4.78, 5) is 23.7. The molecule has 1 saturated carbocycles. The highest BCUT2D eigenvalue weighted by Gasteiger charge is 2.23. The number of halogens is 2. The Labute approximate surface area is 192 Å². The summed E-state index contributed by atoms with van der Waals surface area (Å²) >= 11 is 0. The molecule has 0 unspecified atom stereocenters. The van der Waals surface area contributed by atoms with E-state index in [-0.39, 0.29) is 23.1 Å². The van der Waals surface area contributed by atoms with Crippen LogP contribution in [0.4, 0.5) is 20.5 Å². The minimum absolute atomic E-state index is 0.0366. The third-order valence-electron chi connectivity index (χ3n) is 6.20. The van der Waals surface area contributed by atoms with E-state index in [0.29, 0.717) is 18.4 Å². The molecular formula is C25H29F2N5O. The van der Waals surface area contributed by atoms with E-state index in [0.717, 1.165) is 48.5 Å². The van der Waals surface area contributed by atoms with E-state index in [9.17, 15) is 13.6 Å². The van der Waals surface area contributed by atoms with Crippen LogP contribution >= 0.6 is 0 Å². The number of para-hydroxylation sites is 1. The number of nitrogens with zero attached hydrogens (tertiary/aromatic N) is 3. The maximum atomic E-state index is 13.7. The van der Waals surface area contributed by atoms with Gasteiger partial charge in [-0.3, -0.25) is 4.79 Å². The van der Waals surface area contributed by atoms with Gasteiger partial charge in [-0.15, -0.1) is 0 Å². The first-order chi connectivity index (χ1) is 15.9. The lowest BCUT2D eigenvalue weighted by Crippen LogP contribution is -2.34. The topological polar surface area (TPSA) is 70.2 Å². The normalized spacial score (nSPS) is 18.2. The van der Waals surface area contributed by atoms with Gasteiger partial charge in [-0.1, -0.05) is 18.2 Å². The van der Waals surface area contributed by atoms with Gasteiger partial charge in [-0.25, -0.2) is 13.8 Å². The van der Waals surface area contributed by atoms with Crippen molar-refractivity contribution in [2.24, 2.45) is 5.92 Å². The fourth-order valence-electron chi connectivity index (χ4n) is 4.29. The molecule has 0 aliphatic heterocycles. The zero-order valence-electron chi connectivity index (χ0n) is 18.9. The Balaban J connectivity index is 1.30. The van der Waals surface area contributed by atoms with Crippen molar-refractivity contribution in [1.82, 2.24) is 15.3 Å². The molecule has 0 bridgehead atoms. The van der Waals surface area contributed by atoms with E-state index in [1.165, 1.54) is 12.1 Å². The van der Waals surface area contributed by atoms with Gasteiger partial charge < -0.3 is 15.5 Å². The van der Waals surface area contributed by atoms with E-state index in [1.54, 1.807) is 0 Å². The first-order valence-corrected chi connectivity index (χ1v) is 11.3. The second-order valence-corrected chi connectivity index (χ2v) is 8.79. The highest BCUT2D eigenvalue weighted by Crippen LogP contribution is 2.28. The van der Waals surface area contributed by atoms with Crippen molar-refractivity contribution in [1.29, 1.82) is 0 Å². The number of carbonyl (C=O) groups excluding carboxylic acids is 1. The van der Waals surface area contributed by atoms with E-state index in [4.69, 9.17) is 4.98 Å². The molecule has 174 valence electrons. The summed E-state index contributed by atoms with van der Waals surface area (Å²) in [6.07, 6.45) is 3.82. The molecule has 1 aliphatic rings. The van der Waals surface area contributed by atoms with Gasteiger partial charge in [0, 0.05) is 43.2 Å². The molecule has 0 radical (unpaired) electrons. The van der Waals surface area contributed by atoms with Crippen LogP contribution in [0.1, 0.15) is 41.6 Å². The summed E-state index contributed by atoms with van der Waals surface area (Å²) in [6, 6.07) is 12.1. The Morgan fingerprint density at radius 2 is 1.85 bits per heavy atom. The molecule has 1 heterocycles. The summed E-state index contributed by atoms with van der Waals surface area (Å²) in [5.74, 6) is 0.852. The Morgan fingerprint density at radius 3 is 2.55 bits per heavy atom. The molecule has 0 spiro atoms. The molecule has 2 N–H and O–H groups in total. The molecule has 2 aromatic carbocycles. The average Bonchev–Trinajstić information content (AvgIpc) is 2.82. The number of aromatic nitrogens is 2. The predicted molar refractivity (Wildman–Crippen MR) is 127 cm³/mol. The van der Waals surface area contributed by atoms with Crippen LogP contribution in [-0.4, -0.2) is 42.6 Å². The zero-order chi connectivity index (χ0) is 23.4. The maximum absolute atomic E-state index is 13.7. The largest absolute Gasteiger partial charge is 0.362 e. The first kappa shape index (κ1) is 22.9. The van der Waals surface area contributed by atoms with Gasteiger partial charge in [0.15, 0.2) is 0 Å².